The van der Waals surface area contributed by atoms with Gasteiger partial charge in [0.2, 0.25) is 0 Å². The molecule has 1 aliphatic heterocycles. The summed E-state index contributed by atoms with van der Waals surface area (Å²) in [6, 6.07) is 25.6. The lowest BCUT2D eigenvalue weighted by Crippen LogP contribution is -2.46. The Morgan fingerprint density at radius 3 is 2.03 bits per heavy atom. The molecule has 0 radical (unpaired) electrons. The molecule has 3 aromatic rings. The summed E-state index contributed by atoms with van der Waals surface area (Å²) < 4.78 is 6.08. The molecule has 182 valence electrons. The predicted molar refractivity (Wildman–Crippen MR) is 142 cm³/mol. The number of anilines is 1. The van der Waals surface area contributed by atoms with Crippen LogP contribution in [0.1, 0.15) is 35.4 Å². The Morgan fingerprint density at radius 1 is 0.886 bits per heavy atom. The van der Waals surface area contributed by atoms with Gasteiger partial charge in [-0.1, -0.05) is 60.7 Å². The third-order valence-corrected chi connectivity index (χ3v) is 7.51. The van der Waals surface area contributed by atoms with Gasteiger partial charge in [-0.05, 0) is 72.9 Å². The molecule has 0 saturated carbocycles. The van der Waals surface area contributed by atoms with Crippen LogP contribution in [-0.2, 0) is 11.3 Å². The van der Waals surface area contributed by atoms with Crippen molar-refractivity contribution < 1.29 is 9.53 Å². The first-order chi connectivity index (χ1) is 17.0. The molecule has 5 heteroatoms. The standard InChI is InChI=1S/C30H35N3O2/c1-31(2)23-14-12-22(13-15-23)20-33(24-16-18-32(3)19-17-24)30(34)35-21-29-27-10-6-4-8-25(27)26-9-5-7-11-28(26)29/h4-15,24,29H,16-21H2,1-3H3. The summed E-state index contributed by atoms with van der Waals surface area (Å²) >= 11 is 0. The molecule has 2 aliphatic rings. The number of carbonyl (C=O) groups is 1. The molecule has 1 heterocycles. The molecule has 0 spiro atoms. The number of amides is 1. The third kappa shape index (κ3) is 4.92. The molecule has 0 bridgehead atoms. The molecule has 1 fully saturated rings. The van der Waals surface area contributed by atoms with Crippen molar-refractivity contribution in [2.75, 3.05) is 45.7 Å². The van der Waals surface area contributed by atoms with Crippen molar-refractivity contribution in [1.82, 2.24) is 9.80 Å². The van der Waals surface area contributed by atoms with Crippen LogP contribution in [0.4, 0.5) is 10.5 Å². The first kappa shape index (κ1) is 23.4. The molecule has 0 N–H and O–H groups in total. The van der Waals surface area contributed by atoms with Gasteiger partial charge in [-0.15, -0.1) is 0 Å². The van der Waals surface area contributed by atoms with Gasteiger partial charge in [-0.3, -0.25) is 0 Å². The highest BCUT2D eigenvalue weighted by atomic mass is 16.6. The normalized spacial score (nSPS) is 16.0. The van der Waals surface area contributed by atoms with E-state index in [9.17, 15) is 4.79 Å². The molecule has 1 aliphatic carbocycles. The van der Waals surface area contributed by atoms with Gasteiger partial charge < -0.3 is 19.4 Å². The van der Waals surface area contributed by atoms with Crippen LogP contribution in [0.2, 0.25) is 0 Å². The van der Waals surface area contributed by atoms with Gasteiger partial charge in [0.25, 0.3) is 0 Å². The molecule has 5 rings (SSSR count). The molecule has 3 aromatic carbocycles. The maximum absolute atomic E-state index is 13.6. The number of carbonyl (C=O) groups excluding carboxylic acids is 1. The fraction of sp³-hybridized carbons (Fsp3) is 0.367. The van der Waals surface area contributed by atoms with Crippen molar-refractivity contribution in [3.8, 4) is 11.1 Å². The zero-order valence-corrected chi connectivity index (χ0v) is 21.0. The van der Waals surface area contributed by atoms with Crippen molar-refractivity contribution >= 4 is 11.8 Å². The van der Waals surface area contributed by atoms with Gasteiger partial charge in [0.15, 0.2) is 0 Å². The Labute approximate surface area is 208 Å². The van der Waals surface area contributed by atoms with Crippen molar-refractivity contribution in [1.29, 1.82) is 0 Å². The van der Waals surface area contributed by atoms with Gasteiger partial charge in [0, 0.05) is 38.3 Å². The zero-order chi connectivity index (χ0) is 24.4. The van der Waals surface area contributed by atoms with Gasteiger partial charge in [-0.2, -0.15) is 0 Å². The molecule has 1 amide bonds. The number of fused-ring (bicyclic) bond motifs is 3. The number of ether oxygens (including phenoxy) is 1. The van der Waals surface area contributed by atoms with E-state index in [0.29, 0.717) is 13.2 Å². The average molecular weight is 470 g/mol. The van der Waals surface area contributed by atoms with E-state index < -0.39 is 0 Å². The second-order valence-electron chi connectivity index (χ2n) is 10.0. The molecule has 0 aromatic heterocycles. The van der Waals surface area contributed by atoms with E-state index >= 15 is 0 Å². The maximum atomic E-state index is 13.6. The van der Waals surface area contributed by atoms with Crippen LogP contribution in [0, 0.1) is 0 Å². The minimum absolute atomic E-state index is 0.0741. The Balaban J connectivity index is 1.34. The highest BCUT2D eigenvalue weighted by molar-refractivity contribution is 5.79. The van der Waals surface area contributed by atoms with Gasteiger partial charge in [-0.25, -0.2) is 4.79 Å². The molecular weight excluding hydrogens is 434 g/mol. The molecule has 0 unspecified atom stereocenters. The highest BCUT2D eigenvalue weighted by Crippen LogP contribution is 2.44. The van der Waals surface area contributed by atoms with E-state index in [-0.39, 0.29) is 18.1 Å². The van der Waals surface area contributed by atoms with Crippen LogP contribution in [0.25, 0.3) is 11.1 Å². The predicted octanol–water partition coefficient (Wildman–Crippen LogP) is 5.60. The number of nitrogens with zero attached hydrogens (tertiary/aromatic N) is 3. The number of benzene rings is 3. The Hall–Kier alpha value is -3.31. The number of hydrogen-bond acceptors (Lipinski definition) is 4. The van der Waals surface area contributed by atoms with E-state index in [1.807, 2.05) is 19.0 Å². The van der Waals surface area contributed by atoms with Crippen molar-refractivity contribution in [3.05, 3.63) is 89.5 Å². The lowest BCUT2D eigenvalue weighted by Gasteiger charge is -2.37. The second-order valence-corrected chi connectivity index (χ2v) is 10.0. The fourth-order valence-electron chi connectivity index (χ4n) is 5.42. The van der Waals surface area contributed by atoms with Crippen LogP contribution in [0.5, 0.6) is 0 Å². The van der Waals surface area contributed by atoms with Crippen molar-refractivity contribution in [3.63, 3.8) is 0 Å². The monoisotopic (exact) mass is 469 g/mol. The van der Waals surface area contributed by atoms with E-state index in [2.05, 4.69) is 89.6 Å². The smallest absolute Gasteiger partial charge is 0.410 e. The summed E-state index contributed by atoms with van der Waals surface area (Å²) in [6.07, 6.45) is 1.73. The topological polar surface area (TPSA) is 36.0 Å². The summed E-state index contributed by atoms with van der Waals surface area (Å²) in [4.78, 5) is 19.9. The lowest BCUT2D eigenvalue weighted by atomic mass is 9.98. The van der Waals surface area contributed by atoms with Crippen LogP contribution in [-0.4, -0.2) is 62.8 Å². The largest absolute Gasteiger partial charge is 0.448 e. The summed E-state index contributed by atoms with van der Waals surface area (Å²) in [5, 5.41) is 0. The summed E-state index contributed by atoms with van der Waals surface area (Å²) in [6.45, 7) is 2.92. The van der Waals surface area contributed by atoms with Gasteiger partial charge in [0.05, 0.1) is 0 Å². The van der Waals surface area contributed by atoms with E-state index in [4.69, 9.17) is 4.74 Å². The van der Waals surface area contributed by atoms with Crippen LogP contribution in [0.15, 0.2) is 72.8 Å². The van der Waals surface area contributed by atoms with Crippen LogP contribution >= 0.6 is 0 Å². The molecular formula is C30H35N3O2. The molecule has 35 heavy (non-hydrogen) atoms. The number of likely N-dealkylation sites (tertiary alicyclic amines) is 1. The van der Waals surface area contributed by atoms with E-state index in [0.717, 1.165) is 37.2 Å². The molecule has 0 atom stereocenters. The Morgan fingerprint density at radius 2 is 1.46 bits per heavy atom. The first-order valence-electron chi connectivity index (χ1n) is 12.6. The molecule has 5 nitrogen and oxygen atoms in total. The quantitative estimate of drug-likeness (QED) is 0.471. The molecule has 1 saturated heterocycles. The number of rotatable bonds is 6. The van der Waals surface area contributed by atoms with Crippen LogP contribution in [0.3, 0.4) is 0 Å². The van der Waals surface area contributed by atoms with Crippen LogP contribution < -0.4 is 4.90 Å². The summed E-state index contributed by atoms with van der Waals surface area (Å²) in [5.74, 6) is 0.0741. The van der Waals surface area contributed by atoms with Gasteiger partial charge >= 0.3 is 6.09 Å². The second kappa shape index (κ2) is 10.1. The summed E-state index contributed by atoms with van der Waals surface area (Å²) in [7, 11) is 6.22. The Bertz CT molecular complexity index is 1120. The third-order valence-electron chi connectivity index (χ3n) is 7.51. The zero-order valence-electron chi connectivity index (χ0n) is 21.0. The van der Waals surface area contributed by atoms with Crippen molar-refractivity contribution in [2.24, 2.45) is 0 Å². The maximum Gasteiger partial charge on any atom is 0.410 e. The fourth-order valence-corrected chi connectivity index (χ4v) is 5.42. The minimum atomic E-state index is -0.210. The minimum Gasteiger partial charge on any atom is -0.448 e. The number of piperidine rings is 1. The van der Waals surface area contributed by atoms with E-state index in [1.165, 1.54) is 22.3 Å². The van der Waals surface area contributed by atoms with E-state index in [1.54, 1.807) is 0 Å². The SMILES string of the molecule is CN1CCC(N(Cc2ccc(N(C)C)cc2)C(=O)OCC2c3ccccc3-c3ccccc32)CC1. The van der Waals surface area contributed by atoms with Crippen molar-refractivity contribution in [2.45, 2.75) is 31.3 Å². The highest BCUT2D eigenvalue weighted by Gasteiger charge is 2.32. The number of hydrogen-bond donors (Lipinski definition) is 0. The average Bonchev–Trinajstić information content (AvgIpc) is 3.20. The summed E-state index contributed by atoms with van der Waals surface area (Å²) in [5.41, 5.74) is 7.26. The Kier molecular flexibility index (Phi) is 6.78. The van der Waals surface area contributed by atoms with Gasteiger partial charge in [0.1, 0.15) is 6.61 Å². The first-order valence-corrected chi connectivity index (χ1v) is 12.6. The lowest BCUT2D eigenvalue weighted by molar-refractivity contribution is 0.0632.